The highest BCUT2D eigenvalue weighted by Crippen LogP contribution is 2.42. The number of benzene rings is 1. The minimum Gasteiger partial charge on any atom is -0.475 e. The molecule has 0 saturated heterocycles. The third kappa shape index (κ3) is 3.04. The Kier molecular flexibility index (Phi) is 4.25. The predicted octanol–water partition coefficient (Wildman–Crippen LogP) is 2.18. The number of esters is 1. The van der Waals surface area contributed by atoms with Gasteiger partial charge in [0.25, 0.3) is 5.91 Å². The van der Waals surface area contributed by atoms with Gasteiger partial charge in [0, 0.05) is 0 Å². The standard InChI is InChI=1S/C13H13F2NO5/c1-3-19-12(18)7-4-5-8(21-13(14)15)10-9(7)16-11(17)6(2)20-10/h4-6,13H,3H2,1-2H3,(H,16,17)/t6-/m1/s1. The van der Waals surface area contributed by atoms with Crippen LogP contribution in [0.2, 0.25) is 0 Å². The number of hydrogen-bond acceptors (Lipinski definition) is 5. The molecule has 114 valence electrons. The number of nitrogens with one attached hydrogen (secondary N) is 1. The zero-order valence-electron chi connectivity index (χ0n) is 11.3. The average Bonchev–Trinajstić information content (AvgIpc) is 2.40. The van der Waals surface area contributed by atoms with Crippen LogP contribution < -0.4 is 14.8 Å². The van der Waals surface area contributed by atoms with Crippen LogP contribution in [0.5, 0.6) is 11.5 Å². The van der Waals surface area contributed by atoms with Crippen LogP contribution in [0.1, 0.15) is 24.2 Å². The molecular formula is C13H13F2NO5. The van der Waals surface area contributed by atoms with Gasteiger partial charge in [0.15, 0.2) is 17.6 Å². The number of alkyl halides is 2. The maximum atomic E-state index is 12.4. The Morgan fingerprint density at radius 2 is 2.19 bits per heavy atom. The molecule has 1 heterocycles. The van der Waals surface area contributed by atoms with Crippen molar-refractivity contribution in [3.63, 3.8) is 0 Å². The summed E-state index contributed by atoms with van der Waals surface area (Å²) in [6.07, 6.45) is -0.894. The summed E-state index contributed by atoms with van der Waals surface area (Å²) in [5.41, 5.74) is -0.0246. The summed E-state index contributed by atoms with van der Waals surface area (Å²) in [5.74, 6) is -1.58. The van der Waals surface area contributed by atoms with Gasteiger partial charge in [0.2, 0.25) is 0 Å². The molecule has 8 heteroatoms. The van der Waals surface area contributed by atoms with Crippen molar-refractivity contribution in [3.8, 4) is 11.5 Å². The van der Waals surface area contributed by atoms with Gasteiger partial charge in [-0.15, -0.1) is 0 Å². The lowest BCUT2D eigenvalue weighted by atomic mass is 10.1. The highest BCUT2D eigenvalue weighted by atomic mass is 19.3. The number of carbonyl (C=O) groups is 2. The molecule has 0 spiro atoms. The third-order valence-electron chi connectivity index (χ3n) is 2.75. The summed E-state index contributed by atoms with van der Waals surface area (Å²) < 4.78 is 39.2. The maximum absolute atomic E-state index is 12.4. The topological polar surface area (TPSA) is 73.9 Å². The second kappa shape index (κ2) is 5.94. The van der Waals surface area contributed by atoms with E-state index < -0.39 is 24.6 Å². The van der Waals surface area contributed by atoms with E-state index in [2.05, 4.69) is 10.1 Å². The Hall–Kier alpha value is -2.38. The van der Waals surface area contributed by atoms with Crippen LogP contribution in [0.25, 0.3) is 0 Å². The largest absolute Gasteiger partial charge is 0.475 e. The number of rotatable bonds is 4. The van der Waals surface area contributed by atoms with E-state index in [4.69, 9.17) is 9.47 Å². The predicted molar refractivity (Wildman–Crippen MR) is 67.8 cm³/mol. The molecule has 0 fully saturated rings. The van der Waals surface area contributed by atoms with Crippen molar-refractivity contribution in [2.24, 2.45) is 0 Å². The molecular weight excluding hydrogens is 288 g/mol. The molecule has 0 saturated carbocycles. The minimum absolute atomic E-state index is 0.00807. The molecule has 0 unspecified atom stereocenters. The summed E-state index contributed by atoms with van der Waals surface area (Å²) in [6.45, 7) is 0.143. The smallest absolute Gasteiger partial charge is 0.387 e. The van der Waals surface area contributed by atoms with Gasteiger partial charge in [-0.1, -0.05) is 0 Å². The lowest BCUT2D eigenvalue weighted by Crippen LogP contribution is -2.35. The first-order chi connectivity index (χ1) is 9.93. The summed E-state index contributed by atoms with van der Waals surface area (Å²) in [7, 11) is 0. The molecule has 1 amide bonds. The normalized spacial score (nSPS) is 16.8. The van der Waals surface area contributed by atoms with Gasteiger partial charge in [0.1, 0.15) is 5.69 Å². The second-order valence-corrected chi connectivity index (χ2v) is 4.16. The molecule has 21 heavy (non-hydrogen) atoms. The van der Waals surface area contributed by atoms with Crippen LogP contribution in [0, 0.1) is 0 Å². The third-order valence-corrected chi connectivity index (χ3v) is 2.75. The van der Waals surface area contributed by atoms with Crippen molar-refractivity contribution >= 4 is 17.6 Å². The molecule has 1 N–H and O–H groups in total. The molecule has 0 aliphatic carbocycles. The Bertz CT molecular complexity index is 576. The summed E-state index contributed by atoms with van der Waals surface area (Å²) in [6, 6.07) is 2.40. The van der Waals surface area contributed by atoms with Gasteiger partial charge in [-0.3, -0.25) is 4.79 Å². The lowest BCUT2D eigenvalue weighted by molar-refractivity contribution is -0.122. The zero-order chi connectivity index (χ0) is 15.6. The number of ether oxygens (including phenoxy) is 3. The molecule has 2 rings (SSSR count). The van der Waals surface area contributed by atoms with Gasteiger partial charge in [-0.2, -0.15) is 8.78 Å². The highest BCUT2D eigenvalue weighted by Gasteiger charge is 2.31. The van der Waals surface area contributed by atoms with Gasteiger partial charge < -0.3 is 19.5 Å². The van der Waals surface area contributed by atoms with Gasteiger partial charge >= 0.3 is 12.6 Å². The first-order valence-corrected chi connectivity index (χ1v) is 6.20. The van der Waals surface area contributed by atoms with E-state index in [0.717, 1.165) is 0 Å². The van der Waals surface area contributed by atoms with E-state index >= 15 is 0 Å². The van der Waals surface area contributed by atoms with Crippen molar-refractivity contribution < 1.29 is 32.6 Å². The first-order valence-electron chi connectivity index (χ1n) is 6.20. The molecule has 1 atom stereocenters. The van der Waals surface area contributed by atoms with E-state index in [1.54, 1.807) is 6.92 Å². The van der Waals surface area contributed by atoms with Crippen molar-refractivity contribution in [2.75, 3.05) is 11.9 Å². The molecule has 6 nitrogen and oxygen atoms in total. The second-order valence-electron chi connectivity index (χ2n) is 4.16. The van der Waals surface area contributed by atoms with Crippen LogP contribution >= 0.6 is 0 Å². The molecule has 0 radical (unpaired) electrons. The van der Waals surface area contributed by atoms with Crippen LogP contribution in [-0.4, -0.2) is 31.2 Å². The fourth-order valence-corrected chi connectivity index (χ4v) is 1.83. The monoisotopic (exact) mass is 301 g/mol. The lowest BCUT2D eigenvalue weighted by Gasteiger charge is -2.26. The van der Waals surface area contributed by atoms with Gasteiger partial charge in [-0.25, -0.2) is 4.79 Å². The van der Waals surface area contributed by atoms with Crippen LogP contribution in [0.15, 0.2) is 12.1 Å². The molecule has 1 aromatic carbocycles. The number of hydrogen-bond donors (Lipinski definition) is 1. The van der Waals surface area contributed by atoms with Gasteiger partial charge in [0.05, 0.1) is 12.2 Å². The molecule has 1 aromatic rings. The maximum Gasteiger partial charge on any atom is 0.387 e. The van der Waals surface area contributed by atoms with Crippen LogP contribution in [0.3, 0.4) is 0 Å². The molecule has 0 bridgehead atoms. The first kappa shape index (κ1) is 15.0. The Labute approximate surface area is 119 Å². The van der Waals surface area contributed by atoms with E-state index in [1.807, 2.05) is 0 Å². The zero-order valence-corrected chi connectivity index (χ0v) is 11.3. The van der Waals surface area contributed by atoms with E-state index in [1.165, 1.54) is 19.1 Å². The summed E-state index contributed by atoms with van der Waals surface area (Å²) in [4.78, 5) is 23.5. The summed E-state index contributed by atoms with van der Waals surface area (Å²) in [5, 5.41) is 2.44. The average molecular weight is 301 g/mol. The Morgan fingerprint density at radius 3 is 2.81 bits per heavy atom. The fourth-order valence-electron chi connectivity index (χ4n) is 1.83. The molecule has 0 aromatic heterocycles. The number of carbonyl (C=O) groups excluding carboxylic acids is 2. The fraction of sp³-hybridized carbons (Fsp3) is 0.385. The van der Waals surface area contributed by atoms with Crippen molar-refractivity contribution in [1.29, 1.82) is 0 Å². The molecule has 1 aliphatic rings. The van der Waals surface area contributed by atoms with Crippen LogP contribution in [-0.2, 0) is 9.53 Å². The van der Waals surface area contributed by atoms with Crippen LogP contribution in [0.4, 0.5) is 14.5 Å². The van der Waals surface area contributed by atoms with Crippen molar-refractivity contribution in [1.82, 2.24) is 0 Å². The Morgan fingerprint density at radius 1 is 1.48 bits per heavy atom. The van der Waals surface area contributed by atoms with E-state index in [9.17, 15) is 18.4 Å². The van der Waals surface area contributed by atoms with Crippen molar-refractivity contribution in [2.45, 2.75) is 26.6 Å². The Balaban J connectivity index is 2.49. The summed E-state index contributed by atoms with van der Waals surface area (Å²) >= 11 is 0. The minimum atomic E-state index is -3.06. The molecule has 1 aliphatic heterocycles. The number of halogens is 2. The highest BCUT2D eigenvalue weighted by molar-refractivity contribution is 6.06. The van der Waals surface area contributed by atoms with Crippen molar-refractivity contribution in [3.05, 3.63) is 17.7 Å². The number of amides is 1. The number of fused-ring (bicyclic) bond motifs is 1. The van der Waals surface area contributed by atoms with E-state index in [-0.39, 0.29) is 29.4 Å². The van der Waals surface area contributed by atoms with E-state index in [0.29, 0.717) is 0 Å². The SMILES string of the molecule is CCOC(=O)c1ccc(OC(F)F)c2c1NC(=O)[C@@H](C)O2. The van der Waals surface area contributed by atoms with Gasteiger partial charge in [-0.05, 0) is 26.0 Å². The number of anilines is 1. The quantitative estimate of drug-likeness (QED) is 0.863.